The number of hydrogen-bond acceptors (Lipinski definition) is 3. The van der Waals surface area contributed by atoms with Gasteiger partial charge in [-0.1, -0.05) is 12.1 Å². The van der Waals surface area contributed by atoms with Crippen molar-refractivity contribution in [2.75, 3.05) is 11.6 Å². The number of aliphatic hydroxyl groups excluding tert-OH is 1. The summed E-state index contributed by atoms with van der Waals surface area (Å²) in [5, 5.41) is 11.8. The molecule has 0 spiro atoms. The van der Waals surface area contributed by atoms with Crippen molar-refractivity contribution in [3.05, 3.63) is 59.7 Å². The normalized spacial score (nSPS) is 11.9. The summed E-state index contributed by atoms with van der Waals surface area (Å²) in [6.45, 7) is -0.0687. The average molecular weight is 289 g/mol. The highest BCUT2D eigenvalue weighted by molar-refractivity contribution is 7.84. The van der Waals surface area contributed by atoms with Crippen molar-refractivity contribution in [3.63, 3.8) is 0 Å². The summed E-state index contributed by atoms with van der Waals surface area (Å²) in [6, 6.07) is 13.7. The maximum Gasteiger partial charge on any atom is 0.255 e. The van der Waals surface area contributed by atoms with Crippen molar-refractivity contribution in [2.24, 2.45) is 0 Å². The van der Waals surface area contributed by atoms with E-state index in [0.717, 1.165) is 5.56 Å². The van der Waals surface area contributed by atoms with Gasteiger partial charge in [-0.3, -0.25) is 9.00 Å². The zero-order valence-electron chi connectivity index (χ0n) is 11.0. The summed E-state index contributed by atoms with van der Waals surface area (Å²) in [5.41, 5.74) is 1.86. The van der Waals surface area contributed by atoms with E-state index in [9.17, 15) is 9.00 Å². The van der Waals surface area contributed by atoms with Crippen molar-refractivity contribution >= 4 is 22.4 Å². The van der Waals surface area contributed by atoms with Gasteiger partial charge in [0.1, 0.15) is 0 Å². The Balaban J connectivity index is 2.13. The monoisotopic (exact) mass is 289 g/mol. The number of carbonyl (C=O) groups excluding carboxylic acids is 1. The van der Waals surface area contributed by atoms with Crippen LogP contribution in [0.2, 0.25) is 0 Å². The third-order valence-electron chi connectivity index (χ3n) is 2.82. The molecule has 5 heteroatoms. The van der Waals surface area contributed by atoms with Crippen molar-refractivity contribution in [3.8, 4) is 0 Å². The molecule has 0 radical (unpaired) electrons. The molecule has 20 heavy (non-hydrogen) atoms. The molecular formula is C15H15NO3S. The summed E-state index contributed by atoms with van der Waals surface area (Å²) in [6.07, 6.45) is 1.59. The molecule has 0 aliphatic heterocycles. The molecule has 0 heterocycles. The minimum absolute atomic E-state index is 0.0687. The molecule has 2 N–H and O–H groups in total. The van der Waals surface area contributed by atoms with Gasteiger partial charge in [-0.05, 0) is 42.0 Å². The van der Waals surface area contributed by atoms with Gasteiger partial charge in [0.05, 0.1) is 6.61 Å². The molecule has 104 valence electrons. The standard InChI is InChI=1S/C15H15NO3S/c1-20(19)14-7-5-12(6-8-14)15(18)16-13-4-2-3-11(9-13)10-17/h2-9,17H,10H2,1H3,(H,16,18). The van der Waals surface area contributed by atoms with Crippen LogP contribution in [0.3, 0.4) is 0 Å². The number of carbonyl (C=O) groups is 1. The van der Waals surface area contributed by atoms with E-state index in [2.05, 4.69) is 5.32 Å². The molecule has 4 nitrogen and oxygen atoms in total. The van der Waals surface area contributed by atoms with Crippen LogP contribution in [-0.4, -0.2) is 21.5 Å². The van der Waals surface area contributed by atoms with E-state index >= 15 is 0 Å². The van der Waals surface area contributed by atoms with Gasteiger partial charge in [-0.25, -0.2) is 0 Å². The number of aliphatic hydroxyl groups is 1. The Morgan fingerprint density at radius 1 is 1.20 bits per heavy atom. The summed E-state index contributed by atoms with van der Waals surface area (Å²) < 4.78 is 11.3. The Kier molecular flexibility index (Phi) is 4.65. The SMILES string of the molecule is CS(=O)c1ccc(C(=O)Nc2cccc(CO)c2)cc1. The lowest BCUT2D eigenvalue weighted by Crippen LogP contribution is -2.12. The smallest absolute Gasteiger partial charge is 0.255 e. The molecule has 2 aromatic rings. The predicted octanol–water partition coefficient (Wildman–Crippen LogP) is 2.17. The number of amides is 1. The number of benzene rings is 2. The molecule has 0 aliphatic rings. The number of nitrogens with one attached hydrogen (secondary N) is 1. The van der Waals surface area contributed by atoms with Crippen molar-refractivity contribution in [1.29, 1.82) is 0 Å². The summed E-state index contributed by atoms with van der Waals surface area (Å²) >= 11 is 0. The van der Waals surface area contributed by atoms with Crippen LogP contribution in [0.1, 0.15) is 15.9 Å². The molecule has 2 aromatic carbocycles. The average Bonchev–Trinajstić information content (AvgIpc) is 2.47. The van der Waals surface area contributed by atoms with Crippen LogP contribution in [0.4, 0.5) is 5.69 Å². The van der Waals surface area contributed by atoms with Gasteiger partial charge in [0, 0.05) is 33.2 Å². The van der Waals surface area contributed by atoms with Gasteiger partial charge in [0.15, 0.2) is 0 Å². The minimum atomic E-state index is -1.05. The summed E-state index contributed by atoms with van der Waals surface area (Å²) in [5.74, 6) is -0.242. The van der Waals surface area contributed by atoms with Gasteiger partial charge in [-0.15, -0.1) is 0 Å². The first-order chi connectivity index (χ1) is 9.60. The first-order valence-corrected chi connectivity index (χ1v) is 7.60. The topological polar surface area (TPSA) is 66.4 Å². The van der Waals surface area contributed by atoms with Crippen molar-refractivity contribution in [1.82, 2.24) is 0 Å². The van der Waals surface area contributed by atoms with Crippen LogP contribution in [0.25, 0.3) is 0 Å². The van der Waals surface area contributed by atoms with Crippen LogP contribution in [0, 0.1) is 0 Å². The fraction of sp³-hybridized carbons (Fsp3) is 0.133. The fourth-order valence-corrected chi connectivity index (χ4v) is 2.27. The summed E-state index contributed by atoms with van der Waals surface area (Å²) in [7, 11) is -1.05. The van der Waals surface area contributed by atoms with Gasteiger partial charge in [0.2, 0.25) is 0 Å². The van der Waals surface area contributed by atoms with Gasteiger partial charge in [-0.2, -0.15) is 0 Å². The minimum Gasteiger partial charge on any atom is -0.392 e. The van der Waals surface area contributed by atoms with E-state index in [4.69, 9.17) is 5.11 Å². The highest BCUT2D eigenvalue weighted by Crippen LogP contribution is 2.13. The maximum atomic E-state index is 12.0. The molecule has 0 saturated heterocycles. The van der Waals surface area contributed by atoms with Gasteiger partial charge in [0.25, 0.3) is 5.91 Å². The molecule has 0 aromatic heterocycles. The van der Waals surface area contributed by atoms with Gasteiger partial charge < -0.3 is 10.4 Å². The largest absolute Gasteiger partial charge is 0.392 e. The first-order valence-electron chi connectivity index (χ1n) is 6.05. The molecule has 1 atom stereocenters. The molecule has 0 fully saturated rings. The van der Waals surface area contributed by atoms with E-state index in [1.54, 1.807) is 54.8 Å². The Bertz CT molecular complexity index is 638. The molecule has 2 rings (SSSR count). The molecule has 1 amide bonds. The second-order valence-electron chi connectivity index (χ2n) is 4.29. The van der Waals surface area contributed by atoms with Gasteiger partial charge >= 0.3 is 0 Å². The lowest BCUT2D eigenvalue weighted by molar-refractivity contribution is 0.102. The van der Waals surface area contributed by atoms with Crippen LogP contribution in [0.15, 0.2) is 53.4 Å². The predicted molar refractivity (Wildman–Crippen MR) is 79.1 cm³/mol. The molecule has 1 unspecified atom stereocenters. The van der Waals surface area contributed by atoms with E-state index < -0.39 is 10.8 Å². The van der Waals surface area contributed by atoms with E-state index in [0.29, 0.717) is 16.1 Å². The Hall–Kier alpha value is -1.98. The van der Waals surface area contributed by atoms with Crippen LogP contribution >= 0.6 is 0 Å². The third-order valence-corrected chi connectivity index (χ3v) is 3.75. The van der Waals surface area contributed by atoms with Crippen LogP contribution < -0.4 is 5.32 Å². The van der Waals surface area contributed by atoms with Crippen LogP contribution in [0.5, 0.6) is 0 Å². The zero-order chi connectivity index (χ0) is 14.5. The van der Waals surface area contributed by atoms with Crippen molar-refractivity contribution < 1.29 is 14.1 Å². The lowest BCUT2D eigenvalue weighted by atomic mass is 10.2. The van der Waals surface area contributed by atoms with E-state index in [1.807, 2.05) is 0 Å². The molecule has 0 saturated carbocycles. The highest BCUT2D eigenvalue weighted by atomic mass is 32.2. The molecular weight excluding hydrogens is 274 g/mol. The highest BCUT2D eigenvalue weighted by Gasteiger charge is 2.07. The first kappa shape index (κ1) is 14.4. The zero-order valence-corrected chi connectivity index (χ0v) is 11.8. The number of hydrogen-bond donors (Lipinski definition) is 2. The second kappa shape index (κ2) is 6.45. The number of anilines is 1. The van der Waals surface area contributed by atoms with E-state index in [1.165, 1.54) is 0 Å². The second-order valence-corrected chi connectivity index (χ2v) is 5.67. The van der Waals surface area contributed by atoms with Crippen LogP contribution in [-0.2, 0) is 17.4 Å². The fourth-order valence-electron chi connectivity index (χ4n) is 1.75. The quantitative estimate of drug-likeness (QED) is 0.906. The molecule has 0 aliphatic carbocycles. The summed E-state index contributed by atoms with van der Waals surface area (Å²) in [4.78, 5) is 12.7. The Labute approximate surface area is 119 Å². The maximum absolute atomic E-state index is 12.0. The number of rotatable bonds is 4. The van der Waals surface area contributed by atoms with Crippen molar-refractivity contribution in [2.45, 2.75) is 11.5 Å². The Morgan fingerprint density at radius 3 is 2.50 bits per heavy atom. The van der Waals surface area contributed by atoms with E-state index in [-0.39, 0.29) is 12.5 Å². The molecule has 0 bridgehead atoms. The third kappa shape index (κ3) is 3.53. The Morgan fingerprint density at radius 2 is 1.90 bits per heavy atom. The lowest BCUT2D eigenvalue weighted by Gasteiger charge is -2.07.